The summed E-state index contributed by atoms with van der Waals surface area (Å²) in [4.78, 5) is 7.64. The van der Waals surface area contributed by atoms with Crippen LogP contribution in [-0.2, 0) is 10.0 Å². The molecule has 96 valence electrons. The van der Waals surface area contributed by atoms with Crippen LogP contribution in [0, 0.1) is 0 Å². The van der Waals surface area contributed by atoms with E-state index < -0.39 is 16.1 Å². The van der Waals surface area contributed by atoms with Gasteiger partial charge in [-0.1, -0.05) is 11.6 Å². The smallest absolute Gasteiger partial charge is 0.242 e. The summed E-state index contributed by atoms with van der Waals surface area (Å²) in [5, 5.41) is 6.49. The summed E-state index contributed by atoms with van der Waals surface area (Å²) >= 11 is 5.60. The molecule has 18 heavy (non-hydrogen) atoms. The zero-order valence-electron chi connectivity index (χ0n) is 9.33. The zero-order chi connectivity index (χ0) is 13.2. The van der Waals surface area contributed by atoms with Gasteiger partial charge in [0.15, 0.2) is 0 Å². The Labute approximate surface area is 109 Å². The maximum Gasteiger partial charge on any atom is 0.242 e. The first-order valence-corrected chi connectivity index (χ1v) is 6.84. The van der Waals surface area contributed by atoms with E-state index in [1.54, 1.807) is 6.92 Å². The lowest BCUT2D eigenvalue weighted by Gasteiger charge is -2.11. The van der Waals surface area contributed by atoms with Gasteiger partial charge in [0.25, 0.3) is 0 Å². The molecule has 0 radical (unpaired) electrons. The second-order valence-corrected chi connectivity index (χ2v) is 5.63. The number of hydrogen-bond acceptors (Lipinski definition) is 5. The molecule has 0 bridgehead atoms. The summed E-state index contributed by atoms with van der Waals surface area (Å²) in [6, 6.07) is 2.27. The molecule has 0 amide bonds. The van der Waals surface area contributed by atoms with Crippen LogP contribution in [0.1, 0.15) is 18.8 Å². The van der Waals surface area contributed by atoms with Gasteiger partial charge in [-0.2, -0.15) is 5.10 Å². The SMILES string of the molecule is CC(NS(=O)(=O)c1ccc(Cl)nc1)c1ncn[nH]1. The van der Waals surface area contributed by atoms with E-state index in [1.165, 1.54) is 24.7 Å². The van der Waals surface area contributed by atoms with Gasteiger partial charge < -0.3 is 0 Å². The van der Waals surface area contributed by atoms with Crippen LogP contribution in [0.5, 0.6) is 0 Å². The molecule has 1 unspecified atom stereocenters. The third kappa shape index (κ3) is 2.84. The van der Waals surface area contributed by atoms with Crippen LogP contribution in [-0.4, -0.2) is 28.6 Å². The Kier molecular flexibility index (Phi) is 3.60. The van der Waals surface area contributed by atoms with Crippen LogP contribution >= 0.6 is 11.6 Å². The first-order chi connectivity index (χ1) is 8.49. The molecule has 0 saturated carbocycles. The van der Waals surface area contributed by atoms with Crippen molar-refractivity contribution in [3.8, 4) is 0 Å². The standard InChI is InChI=1S/C9H10ClN5O2S/c1-6(9-12-5-13-14-9)15-18(16,17)7-2-3-8(10)11-4-7/h2-6,15H,1H3,(H,12,13,14). The van der Waals surface area contributed by atoms with E-state index in [1.807, 2.05) is 0 Å². The second-order valence-electron chi connectivity index (χ2n) is 3.53. The van der Waals surface area contributed by atoms with Crippen LogP contribution in [0.2, 0.25) is 5.15 Å². The summed E-state index contributed by atoms with van der Waals surface area (Å²) in [7, 11) is -3.66. The van der Waals surface area contributed by atoms with Crippen LogP contribution in [0.4, 0.5) is 0 Å². The van der Waals surface area contributed by atoms with Gasteiger partial charge in [-0.3, -0.25) is 5.10 Å². The molecular weight excluding hydrogens is 278 g/mol. The molecule has 0 aliphatic carbocycles. The third-order valence-electron chi connectivity index (χ3n) is 2.19. The van der Waals surface area contributed by atoms with Gasteiger partial charge in [0.1, 0.15) is 22.2 Å². The highest BCUT2D eigenvalue weighted by Crippen LogP contribution is 2.14. The molecule has 2 heterocycles. The Hall–Kier alpha value is -1.51. The minimum atomic E-state index is -3.66. The quantitative estimate of drug-likeness (QED) is 0.814. The average Bonchev–Trinajstić information content (AvgIpc) is 2.82. The molecule has 0 aromatic carbocycles. The molecule has 7 nitrogen and oxygen atoms in total. The lowest BCUT2D eigenvalue weighted by Crippen LogP contribution is -2.27. The van der Waals surface area contributed by atoms with Gasteiger partial charge in [0.05, 0.1) is 6.04 Å². The first kappa shape index (κ1) is 12.9. The van der Waals surface area contributed by atoms with E-state index in [4.69, 9.17) is 11.6 Å². The summed E-state index contributed by atoms with van der Waals surface area (Å²) in [6.45, 7) is 1.65. The maximum atomic E-state index is 12.0. The van der Waals surface area contributed by atoms with Gasteiger partial charge >= 0.3 is 0 Å². The Morgan fingerprint density at radius 3 is 2.72 bits per heavy atom. The molecule has 0 spiro atoms. The van der Waals surface area contributed by atoms with Gasteiger partial charge in [-0.15, -0.1) is 0 Å². The highest BCUT2D eigenvalue weighted by atomic mass is 35.5. The van der Waals surface area contributed by atoms with Gasteiger partial charge in [-0.05, 0) is 19.1 Å². The number of aromatic nitrogens is 4. The number of halogens is 1. The Morgan fingerprint density at radius 2 is 2.17 bits per heavy atom. The lowest BCUT2D eigenvalue weighted by molar-refractivity contribution is 0.560. The summed E-state index contributed by atoms with van der Waals surface area (Å²) in [5.41, 5.74) is 0. The van der Waals surface area contributed by atoms with Crippen molar-refractivity contribution in [2.75, 3.05) is 0 Å². The van der Waals surface area contributed by atoms with Gasteiger partial charge in [-0.25, -0.2) is 23.1 Å². The molecular formula is C9H10ClN5O2S. The number of sulfonamides is 1. The first-order valence-electron chi connectivity index (χ1n) is 4.98. The Bertz CT molecular complexity index is 611. The number of rotatable bonds is 4. The van der Waals surface area contributed by atoms with Crippen molar-refractivity contribution in [1.82, 2.24) is 24.9 Å². The van der Waals surface area contributed by atoms with E-state index in [9.17, 15) is 8.42 Å². The molecule has 0 aliphatic rings. The van der Waals surface area contributed by atoms with Crippen LogP contribution in [0.15, 0.2) is 29.6 Å². The van der Waals surface area contributed by atoms with Crippen LogP contribution in [0.3, 0.4) is 0 Å². The monoisotopic (exact) mass is 287 g/mol. The third-order valence-corrected chi connectivity index (χ3v) is 3.94. The predicted molar refractivity (Wildman–Crippen MR) is 64.4 cm³/mol. The predicted octanol–water partition coefficient (Wildman–Crippen LogP) is 0.893. The van der Waals surface area contributed by atoms with E-state index in [-0.39, 0.29) is 10.0 Å². The minimum absolute atomic E-state index is 0.0401. The summed E-state index contributed by atoms with van der Waals surface area (Å²) in [6.07, 6.45) is 2.50. The maximum absolute atomic E-state index is 12.0. The number of nitrogens with zero attached hydrogens (tertiary/aromatic N) is 3. The molecule has 2 aromatic rings. The number of nitrogens with one attached hydrogen (secondary N) is 2. The van der Waals surface area contributed by atoms with Gasteiger partial charge in [0.2, 0.25) is 10.0 Å². The zero-order valence-corrected chi connectivity index (χ0v) is 10.9. The van der Waals surface area contributed by atoms with Crippen molar-refractivity contribution in [2.24, 2.45) is 0 Å². The lowest BCUT2D eigenvalue weighted by atomic mass is 10.3. The summed E-state index contributed by atoms with van der Waals surface area (Å²) < 4.78 is 26.4. The number of H-pyrrole nitrogens is 1. The van der Waals surface area contributed by atoms with Crippen molar-refractivity contribution >= 4 is 21.6 Å². The van der Waals surface area contributed by atoms with Crippen molar-refractivity contribution in [2.45, 2.75) is 17.9 Å². The second kappa shape index (κ2) is 5.01. The molecule has 1 atom stereocenters. The molecule has 0 aliphatic heterocycles. The van der Waals surface area contributed by atoms with Crippen molar-refractivity contribution in [1.29, 1.82) is 0 Å². The largest absolute Gasteiger partial charge is 0.262 e. The fourth-order valence-electron chi connectivity index (χ4n) is 1.30. The Morgan fingerprint density at radius 1 is 1.39 bits per heavy atom. The van der Waals surface area contributed by atoms with Crippen LogP contribution in [0.25, 0.3) is 0 Å². The summed E-state index contributed by atoms with van der Waals surface area (Å²) in [5.74, 6) is 0.431. The normalized spacial score (nSPS) is 13.4. The fraction of sp³-hybridized carbons (Fsp3) is 0.222. The highest BCUT2D eigenvalue weighted by Gasteiger charge is 2.20. The molecule has 2 rings (SSSR count). The highest BCUT2D eigenvalue weighted by molar-refractivity contribution is 7.89. The number of hydrogen-bond donors (Lipinski definition) is 2. The van der Waals surface area contributed by atoms with E-state index in [0.29, 0.717) is 5.82 Å². The van der Waals surface area contributed by atoms with Crippen molar-refractivity contribution < 1.29 is 8.42 Å². The number of aromatic amines is 1. The molecule has 2 N–H and O–H groups in total. The van der Waals surface area contributed by atoms with Crippen molar-refractivity contribution in [3.63, 3.8) is 0 Å². The topological polar surface area (TPSA) is 101 Å². The van der Waals surface area contributed by atoms with Gasteiger partial charge in [0, 0.05) is 6.20 Å². The Balaban J connectivity index is 2.20. The van der Waals surface area contributed by atoms with Crippen molar-refractivity contribution in [3.05, 3.63) is 35.6 Å². The molecule has 0 fully saturated rings. The number of pyridine rings is 1. The molecule has 9 heteroatoms. The van der Waals surface area contributed by atoms with E-state index in [0.717, 1.165) is 0 Å². The fourth-order valence-corrected chi connectivity index (χ4v) is 2.56. The van der Waals surface area contributed by atoms with E-state index in [2.05, 4.69) is 24.9 Å². The van der Waals surface area contributed by atoms with Crippen LogP contribution < -0.4 is 4.72 Å². The average molecular weight is 288 g/mol. The molecule has 0 saturated heterocycles. The molecule has 2 aromatic heterocycles. The van der Waals surface area contributed by atoms with E-state index >= 15 is 0 Å². The minimum Gasteiger partial charge on any atom is -0.262 e.